The summed E-state index contributed by atoms with van der Waals surface area (Å²) in [6.07, 6.45) is 2.67. The van der Waals surface area contributed by atoms with Crippen molar-refractivity contribution in [3.63, 3.8) is 0 Å². The summed E-state index contributed by atoms with van der Waals surface area (Å²) < 4.78 is 5.36. The number of benzene rings is 1. The Hall–Kier alpha value is -2.57. The van der Waals surface area contributed by atoms with Crippen molar-refractivity contribution in [2.75, 3.05) is 6.54 Å². The quantitative estimate of drug-likeness (QED) is 0.699. The monoisotopic (exact) mass is 401 g/mol. The molecule has 29 heavy (non-hydrogen) atoms. The van der Waals surface area contributed by atoms with Crippen molar-refractivity contribution < 1.29 is 19.1 Å². The average Bonchev–Trinajstić information content (AvgIpc) is 2.55. The third-order valence-corrected chi connectivity index (χ3v) is 5.69. The lowest BCUT2D eigenvalue weighted by atomic mass is 9.43. The van der Waals surface area contributed by atoms with Crippen molar-refractivity contribution >= 4 is 17.9 Å². The van der Waals surface area contributed by atoms with Crippen LogP contribution in [0, 0.1) is 0 Å². The molecule has 3 aliphatic carbocycles. The van der Waals surface area contributed by atoms with E-state index in [0.29, 0.717) is 6.54 Å². The van der Waals surface area contributed by atoms with Gasteiger partial charge in [0.2, 0.25) is 11.8 Å². The molecule has 1 aromatic carbocycles. The highest BCUT2D eigenvalue weighted by molar-refractivity contribution is 5.84. The number of carbonyl (C=O) groups excluding carboxylic acids is 3. The minimum atomic E-state index is -0.544. The molecule has 3 N–H and O–H groups in total. The zero-order chi connectivity index (χ0) is 21.3. The average molecular weight is 402 g/mol. The molecule has 3 fully saturated rings. The van der Waals surface area contributed by atoms with Crippen LogP contribution in [-0.4, -0.2) is 46.0 Å². The summed E-state index contributed by atoms with van der Waals surface area (Å²) in [6.45, 7) is 6.08. The van der Waals surface area contributed by atoms with Crippen molar-refractivity contribution in [3.05, 3.63) is 35.9 Å². The van der Waals surface area contributed by atoms with Gasteiger partial charge in [-0.15, -0.1) is 0 Å². The number of nitrogens with one attached hydrogen (secondary N) is 1. The molecule has 0 radical (unpaired) electrons. The van der Waals surface area contributed by atoms with Gasteiger partial charge in [0.25, 0.3) is 0 Å². The molecule has 7 nitrogen and oxygen atoms in total. The highest BCUT2D eigenvalue weighted by atomic mass is 16.6. The third-order valence-electron chi connectivity index (χ3n) is 5.69. The molecular weight excluding hydrogens is 370 g/mol. The van der Waals surface area contributed by atoms with Crippen LogP contribution in [0.3, 0.4) is 0 Å². The fourth-order valence-electron chi connectivity index (χ4n) is 4.55. The van der Waals surface area contributed by atoms with Crippen molar-refractivity contribution in [1.82, 2.24) is 10.2 Å². The van der Waals surface area contributed by atoms with Crippen LogP contribution in [-0.2, 0) is 20.7 Å². The smallest absolute Gasteiger partial charge is 0.408 e. The lowest BCUT2D eigenvalue weighted by Crippen LogP contribution is -2.84. The second-order valence-electron chi connectivity index (χ2n) is 9.41. The third kappa shape index (κ3) is 4.89. The lowest BCUT2D eigenvalue weighted by Gasteiger charge is -2.73. The van der Waals surface area contributed by atoms with Gasteiger partial charge in [-0.3, -0.25) is 9.59 Å². The van der Waals surface area contributed by atoms with Gasteiger partial charge >= 0.3 is 6.09 Å². The van der Waals surface area contributed by atoms with E-state index in [9.17, 15) is 14.4 Å². The van der Waals surface area contributed by atoms with E-state index in [1.54, 1.807) is 0 Å². The van der Waals surface area contributed by atoms with Gasteiger partial charge in [-0.1, -0.05) is 30.3 Å². The Bertz CT molecular complexity index is 765. The molecular formula is C22H31N3O4. The fraction of sp³-hybridized carbons (Fsp3) is 0.591. The molecule has 158 valence electrons. The van der Waals surface area contributed by atoms with Crippen molar-refractivity contribution in [1.29, 1.82) is 0 Å². The number of nitrogens with zero attached hydrogens (tertiary/aromatic N) is 1. The van der Waals surface area contributed by atoms with E-state index in [-0.39, 0.29) is 29.8 Å². The van der Waals surface area contributed by atoms with E-state index in [1.165, 1.54) is 0 Å². The van der Waals surface area contributed by atoms with Crippen LogP contribution in [0.2, 0.25) is 0 Å². The summed E-state index contributed by atoms with van der Waals surface area (Å²) in [4.78, 5) is 38.0. The van der Waals surface area contributed by atoms with Gasteiger partial charge in [0.1, 0.15) is 5.60 Å². The molecule has 0 unspecified atom stereocenters. The van der Waals surface area contributed by atoms with Crippen LogP contribution >= 0.6 is 0 Å². The number of alkyl carbamates (subject to hydrolysis) is 1. The molecule has 3 aliphatic rings. The topological polar surface area (TPSA) is 102 Å². The Morgan fingerprint density at radius 1 is 1.10 bits per heavy atom. The van der Waals surface area contributed by atoms with E-state index in [2.05, 4.69) is 5.32 Å². The first kappa shape index (κ1) is 21.1. The number of primary amides is 1. The Balaban J connectivity index is 1.61. The minimum absolute atomic E-state index is 0.0506. The van der Waals surface area contributed by atoms with Crippen LogP contribution in [0.25, 0.3) is 0 Å². The summed E-state index contributed by atoms with van der Waals surface area (Å²) in [6, 6.07) is 10.0. The van der Waals surface area contributed by atoms with Crippen LogP contribution in [0.15, 0.2) is 30.3 Å². The fourth-order valence-corrected chi connectivity index (χ4v) is 4.55. The molecule has 0 atom stereocenters. The van der Waals surface area contributed by atoms with E-state index in [1.807, 2.05) is 56.0 Å². The first-order chi connectivity index (χ1) is 13.5. The standard InChI is InChI=1S/C22H31N3O4/c1-20(2,3)29-19(28)24-21-13-22(14-21,15-21)25(18(27)10-9-17(23)26)12-11-16-7-5-4-6-8-16/h4-8H,9-15H2,1-3H3,(H2,23,26)(H,24,28). The highest BCUT2D eigenvalue weighted by Crippen LogP contribution is 2.63. The van der Waals surface area contributed by atoms with Gasteiger partial charge < -0.3 is 20.7 Å². The minimum Gasteiger partial charge on any atom is -0.444 e. The summed E-state index contributed by atoms with van der Waals surface area (Å²) >= 11 is 0. The van der Waals surface area contributed by atoms with Crippen LogP contribution < -0.4 is 11.1 Å². The van der Waals surface area contributed by atoms with Crippen LogP contribution in [0.1, 0.15) is 58.4 Å². The Labute approximate surface area is 172 Å². The predicted octanol–water partition coefficient (Wildman–Crippen LogP) is 2.52. The maximum atomic E-state index is 12.9. The summed E-state index contributed by atoms with van der Waals surface area (Å²) in [5, 5.41) is 2.98. The SMILES string of the molecule is CC(C)(C)OC(=O)NC12CC(N(CCc3ccccc3)C(=O)CCC(N)=O)(C1)C2. The molecule has 1 aromatic rings. The summed E-state index contributed by atoms with van der Waals surface area (Å²) in [5.74, 6) is -0.521. The molecule has 0 saturated heterocycles. The van der Waals surface area contributed by atoms with Crippen LogP contribution in [0.4, 0.5) is 4.79 Å². The largest absolute Gasteiger partial charge is 0.444 e. The molecule has 0 spiro atoms. The van der Waals surface area contributed by atoms with E-state index >= 15 is 0 Å². The number of rotatable bonds is 8. The molecule has 0 aromatic heterocycles. The van der Waals surface area contributed by atoms with Gasteiger partial charge in [0.05, 0.1) is 5.54 Å². The van der Waals surface area contributed by atoms with Crippen molar-refractivity contribution in [2.45, 2.75) is 76.0 Å². The van der Waals surface area contributed by atoms with Gasteiger partial charge in [-0.05, 0) is 52.0 Å². The zero-order valence-corrected chi connectivity index (χ0v) is 17.5. The highest BCUT2D eigenvalue weighted by Gasteiger charge is 2.71. The normalized spacial score (nSPS) is 24.7. The molecule has 0 aliphatic heterocycles. The maximum Gasteiger partial charge on any atom is 0.408 e. The van der Waals surface area contributed by atoms with E-state index in [4.69, 9.17) is 10.5 Å². The van der Waals surface area contributed by atoms with Crippen LogP contribution in [0.5, 0.6) is 0 Å². The van der Waals surface area contributed by atoms with Gasteiger partial charge in [-0.25, -0.2) is 4.79 Å². The molecule has 7 heteroatoms. The van der Waals surface area contributed by atoms with Gasteiger partial charge in [0.15, 0.2) is 0 Å². The van der Waals surface area contributed by atoms with E-state index < -0.39 is 17.6 Å². The maximum absolute atomic E-state index is 12.9. The Kier molecular flexibility index (Phi) is 5.61. The zero-order valence-electron chi connectivity index (χ0n) is 17.5. The van der Waals surface area contributed by atoms with Crippen molar-refractivity contribution in [2.24, 2.45) is 5.73 Å². The Morgan fingerprint density at radius 3 is 2.28 bits per heavy atom. The predicted molar refractivity (Wildman–Crippen MR) is 109 cm³/mol. The summed E-state index contributed by atoms with van der Waals surface area (Å²) in [5.41, 5.74) is 5.33. The number of hydrogen-bond acceptors (Lipinski definition) is 4. The second kappa shape index (κ2) is 7.69. The molecule has 2 bridgehead atoms. The number of amides is 3. The first-order valence-electron chi connectivity index (χ1n) is 10.2. The number of carbonyl (C=O) groups is 3. The molecule has 3 amide bonds. The van der Waals surface area contributed by atoms with Gasteiger partial charge in [0, 0.05) is 24.9 Å². The summed E-state index contributed by atoms with van der Waals surface area (Å²) in [7, 11) is 0. The molecule has 3 saturated carbocycles. The first-order valence-corrected chi connectivity index (χ1v) is 10.2. The van der Waals surface area contributed by atoms with E-state index in [0.717, 1.165) is 31.2 Å². The molecule has 0 heterocycles. The van der Waals surface area contributed by atoms with Crippen molar-refractivity contribution in [3.8, 4) is 0 Å². The number of nitrogens with two attached hydrogens (primary N) is 1. The second-order valence-corrected chi connectivity index (χ2v) is 9.41. The lowest BCUT2D eigenvalue weighted by molar-refractivity contribution is -0.188. The number of ether oxygens (including phenoxy) is 1. The number of hydrogen-bond donors (Lipinski definition) is 2. The Morgan fingerprint density at radius 2 is 1.72 bits per heavy atom. The van der Waals surface area contributed by atoms with Gasteiger partial charge in [-0.2, -0.15) is 0 Å². The molecule has 4 rings (SSSR count).